The van der Waals surface area contributed by atoms with Gasteiger partial charge in [0.15, 0.2) is 5.69 Å². The Morgan fingerprint density at radius 3 is 2.62 bits per heavy atom. The molecular weight excluding hydrogens is 460 g/mol. The molecule has 4 aromatic rings. The minimum atomic E-state index is -0.626. The summed E-state index contributed by atoms with van der Waals surface area (Å²) in [6.45, 7) is 3.73. The smallest absolute Gasteiger partial charge is 0.339 e. The van der Waals surface area contributed by atoms with Crippen LogP contribution in [0.5, 0.6) is 0 Å². The highest BCUT2D eigenvalue weighted by Gasteiger charge is 2.20. The molecule has 0 unspecified atom stereocenters. The van der Waals surface area contributed by atoms with Gasteiger partial charge in [-0.25, -0.2) is 4.79 Å². The number of aryl methyl sites for hydroxylation is 2. The highest BCUT2D eigenvalue weighted by atomic mass is 35.5. The Morgan fingerprint density at radius 2 is 1.91 bits per heavy atom. The molecule has 0 bridgehead atoms. The van der Waals surface area contributed by atoms with Crippen molar-refractivity contribution in [1.82, 2.24) is 24.5 Å². The lowest BCUT2D eigenvalue weighted by molar-refractivity contribution is -0.116. The van der Waals surface area contributed by atoms with Gasteiger partial charge in [-0.3, -0.25) is 14.2 Å². The highest BCUT2D eigenvalue weighted by molar-refractivity contribution is 6.33. The molecule has 0 radical (unpaired) electrons. The predicted octanol–water partition coefficient (Wildman–Crippen LogP) is 3.00. The van der Waals surface area contributed by atoms with Gasteiger partial charge < -0.3 is 9.84 Å². The summed E-state index contributed by atoms with van der Waals surface area (Å²) < 4.78 is 7.39. The topological polar surface area (TPSA) is 125 Å². The first kappa shape index (κ1) is 23.1. The lowest BCUT2D eigenvalue weighted by atomic mass is 10.2. The first-order valence-corrected chi connectivity index (χ1v) is 10.9. The number of para-hydroxylation sites is 1. The minimum Gasteiger partial charge on any atom is -0.339 e. The van der Waals surface area contributed by atoms with Crippen molar-refractivity contribution in [2.75, 3.05) is 5.32 Å². The molecule has 0 fully saturated rings. The Balaban J connectivity index is 1.55. The van der Waals surface area contributed by atoms with E-state index in [1.807, 2.05) is 13.0 Å². The van der Waals surface area contributed by atoms with Crippen LogP contribution in [0.4, 0.5) is 5.69 Å². The number of amides is 1. The average Bonchev–Trinajstić information content (AvgIpc) is 3.29. The number of nitrogens with zero attached hydrogens (tertiary/aromatic N) is 5. The zero-order valence-corrected chi connectivity index (χ0v) is 19.2. The number of hydrogen-bond acceptors (Lipinski definition) is 7. The first-order valence-electron chi connectivity index (χ1n) is 10.6. The Bertz CT molecular complexity index is 1460. The van der Waals surface area contributed by atoms with Crippen LogP contribution in [0.3, 0.4) is 0 Å². The second-order valence-electron chi connectivity index (χ2n) is 7.47. The van der Waals surface area contributed by atoms with Crippen molar-refractivity contribution in [3.8, 4) is 17.2 Å². The maximum absolute atomic E-state index is 12.8. The van der Waals surface area contributed by atoms with E-state index in [-0.39, 0.29) is 42.7 Å². The average molecular weight is 481 g/mol. The second-order valence-corrected chi connectivity index (χ2v) is 7.88. The first-order chi connectivity index (χ1) is 16.4. The van der Waals surface area contributed by atoms with Crippen LogP contribution in [0.2, 0.25) is 5.02 Å². The van der Waals surface area contributed by atoms with Crippen LogP contribution in [0, 0.1) is 6.92 Å². The van der Waals surface area contributed by atoms with E-state index >= 15 is 0 Å². The van der Waals surface area contributed by atoms with Gasteiger partial charge in [-0.15, -0.1) is 0 Å². The van der Waals surface area contributed by atoms with Crippen LogP contribution in [0.15, 0.2) is 62.6 Å². The second kappa shape index (κ2) is 9.84. The molecular formula is C23H21ClN6O4. The monoisotopic (exact) mass is 480 g/mol. The largest absolute Gasteiger partial charge is 0.352 e. The third-order valence-corrected chi connectivity index (χ3v) is 5.33. The summed E-state index contributed by atoms with van der Waals surface area (Å²) in [6.07, 6.45) is 0.199. The summed E-state index contributed by atoms with van der Waals surface area (Å²) >= 11 is 6.15. The van der Waals surface area contributed by atoms with Gasteiger partial charge in [0.1, 0.15) is 0 Å². The van der Waals surface area contributed by atoms with Crippen LogP contribution in [0.25, 0.3) is 17.2 Å². The Kier molecular flexibility index (Phi) is 6.69. The van der Waals surface area contributed by atoms with Crippen LogP contribution >= 0.6 is 11.6 Å². The molecule has 34 heavy (non-hydrogen) atoms. The van der Waals surface area contributed by atoms with Crippen molar-refractivity contribution >= 4 is 23.2 Å². The molecule has 2 aromatic heterocycles. The predicted molar refractivity (Wildman–Crippen MR) is 126 cm³/mol. The lowest BCUT2D eigenvalue weighted by Gasteiger charge is -2.09. The summed E-state index contributed by atoms with van der Waals surface area (Å²) in [5.74, 6) is -0.190. The molecule has 0 aliphatic heterocycles. The van der Waals surface area contributed by atoms with E-state index in [2.05, 4.69) is 20.6 Å². The van der Waals surface area contributed by atoms with E-state index in [1.54, 1.807) is 49.4 Å². The van der Waals surface area contributed by atoms with Crippen molar-refractivity contribution in [2.24, 2.45) is 0 Å². The van der Waals surface area contributed by atoms with Crippen LogP contribution < -0.4 is 16.6 Å². The SMILES string of the molecule is CCn1c(=O)c(-c2noc(CCC(=O)Nc3ccc(C)cc3Cl)n2)nn(-c2ccccc2)c1=O. The summed E-state index contributed by atoms with van der Waals surface area (Å²) in [4.78, 5) is 42.1. The number of benzene rings is 2. The number of carbonyl (C=O) groups excluding carboxylic acids is 1. The van der Waals surface area contributed by atoms with Gasteiger partial charge >= 0.3 is 5.69 Å². The third-order valence-electron chi connectivity index (χ3n) is 5.02. The Morgan fingerprint density at radius 1 is 1.15 bits per heavy atom. The molecule has 0 spiro atoms. The summed E-state index contributed by atoms with van der Waals surface area (Å²) in [7, 11) is 0. The fourth-order valence-electron chi connectivity index (χ4n) is 3.28. The van der Waals surface area contributed by atoms with Crippen molar-refractivity contribution in [2.45, 2.75) is 33.2 Å². The number of anilines is 1. The van der Waals surface area contributed by atoms with Gasteiger partial charge in [0, 0.05) is 19.4 Å². The number of aromatic nitrogens is 5. The molecule has 0 aliphatic carbocycles. The maximum atomic E-state index is 12.8. The maximum Gasteiger partial charge on any atom is 0.352 e. The molecule has 0 saturated carbocycles. The van der Waals surface area contributed by atoms with E-state index < -0.39 is 11.2 Å². The van der Waals surface area contributed by atoms with E-state index in [4.69, 9.17) is 16.1 Å². The number of nitrogens with one attached hydrogen (secondary N) is 1. The van der Waals surface area contributed by atoms with Gasteiger partial charge in [0.2, 0.25) is 17.6 Å². The molecule has 2 heterocycles. The van der Waals surface area contributed by atoms with E-state index in [1.165, 1.54) is 0 Å². The van der Waals surface area contributed by atoms with Crippen molar-refractivity contribution in [1.29, 1.82) is 0 Å². The fourth-order valence-corrected chi connectivity index (χ4v) is 3.56. The number of hydrogen-bond donors (Lipinski definition) is 1. The molecule has 11 heteroatoms. The van der Waals surface area contributed by atoms with E-state index in [0.717, 1.165) is 14.8 Å². The summed E-state index contributed by atoms with van der Waals surface area (Å²) in [6, 6.07) is 14.0. The Hall–Kier alpha value is -4.05. The molecule has 174 valence electrons. The molecule has 0 atom stereocenters. The van der Waals surface area contributed by atoms with Crippen molar-refractivity contribution in [3.63, 3.8) is 0 Å². The molecule has 1 amide bonds. The van der Waals surface area contributed by atoms with E-state index in [9.17, 15) is 14.4 Å². The number of halogens is 1. The van der Waals surface area contributed by atoms with Gasteiger partial charge in [-0.2, -0.15) is 14.8 Å². The molecule has 4 rings (SSSR count). The Labute approximate surface area is 198 Å². The third kappa shape index (κ3) is 4.81. The van der Waals surface area contributed by atoms with Gasteiger partial charge in [-0.05, 0) is 43.7 Å². The zero-order valence-electron chi connectivity index (χ0n) is 18.5. The summed E-state index contributed by atoms with van der Waals surface area (Å²) in [5.41, 5.74) is 0.658. The van der Waals surface area contributed by atoms with Crippen LogP contribution in [-0.2, 0) is 17.8 Å². The van der Waals surface area contributed by atoms with Gasteiger partial charge in [0.05, 0.1) is 16.4 Å². The van der Waals surface area contributed by atoms with Crippen molar-refractivity contribution < 1.29 is 9.32 Å². The number of rotatable bonds is 7. The molecule has 2 aromatic carbocycles. The van der Waals surface area contributed by atoms with Crippen molar-refractivity contribution in [3.05, 3.63) is 85.8 Å². The standard InChI is InChI=1S/C23H21ClN6O4/c1-3-29-22(32)20(27-30(23(29)33)15-7-5-4-6-8-15)21-26-19(34-28-21)12-11-18(31)25-17-10-9-14(2)13-16(17)24/h4-10,13H,3,11-12H2,1-2H3,(H,25,31). The van der Waals surface area contributed by atoms with Crippen LogP contribution in [-0.4, -0.2) is 30.4 Å². The molecule has 0 aliphatic rings. The van der Waals surface area contributed by atoms with Gasteiger partial charge in [-0.1, -0.05) is 41.0 Å². The lowest BCUT2D eigenvalue weighted by Crippen LogP contribution is -2.41. The van der Waals surface area contributed by atoms with Crippen LogP contribution in [0.1, 0.15) is 24.8 Å². The minimum absolute atomic E-state index is 0.0575. The molecule has 1 N–H and O–H groups in total. The fraction of sp³-hybridized carbons (Fsp3) is 0.217. The van der Waals surface area contributed by atoms with Gasteiger partial charge in [0.25, 0.3) is 5.56 Å². The van der Waals surface area contributed by atoms with E-state index in [0.29, 0.717) is 16.4 Å². The normalized spacial score (nSPS) is 10.9. The zero-order chi connectivity index (χ0) is 24.2. The number of carbonyl (C=O) groups is 1. The molecule has 0 saturated heterocycles. The quantitative estimate of drug-likeness (QED) is 0.431. The molecule has 10 nitrogen and oxygen atoms in total. The summed E-state index contributed by atoms with van der Waals surface area (Å²) in [5, 5.41) is 11.2. The highest BCUT2D eigenvalue weighted by Crippen LogP contribution is 2.23.